The number of benzene rings is 1. The Hall–Kier alpha value is -0.810. The summed E-state index contributed by atoms with van der Waals surface area (Å²) in [5.41, 5.74) is 2.87. The summed E-state index contributed by atoms with van der Waals surface area (Å²) in [4.78, 5) is 19.7. The predicted octanol–water partition coefficient (Wildman–Crippen LogP) is 3.39. The molecule has 0 spiro atoms. The zero-order chi connectivity index (χ0) is 17.4. The van der Waals surface area contributed by atoms with Crippen LogP contribution in [0.15, 0.2) is 24.3 Å². The van der Waals surface area contributed by atoms with E-state index in [-0.39, 0.29) is 24.8 Å². The number of amides is 1. The van der Waals surface area contributed by atoms with Gasteiger partial charge in [-0.05, 0) is 56.2 Å². The average Bonchev–Trinajstić information content (AvgIpc) is 3.12. The smallest absolute Gasteiger partial charge is 0.236 e. The van der Waals surface area contributed by atoms with Gasteiger partial charge in [-0.2, -0.15) is 0 Å². The van der Waals surface area contributed by atoms with Crippen molar-refractivity contribution < 1.29 is 4.79 Å². The highest BCUT2D eigenvalue weighted by molar-refractivity contribution is 5.85. The van der Waals surface area contributed by atoms with E-state index in [0.29, 0.717) is 30.3 Å². The molecule has 0 bridgehead atoms. The molecule has 27 heavy (non-hydrogen) atoms. The second-order valence-corrected chi connectivity index (χ2v) is 8.30. The van der Waals surface area contributed by atoms with E-state index in [9.17, 15) is 4.79 Å². The van der Waals surface area contributed by atoms with Gasteiger partial charge in [0.05, 0.1) is 6.54 Å². The molecule has 4 nitrogen and oxygen atoms in total. The van der Waals surface area contributed by atoms with Crippen LogP contribution < -0.4 is 0 Å². The Bertz CT molecular complexity index is 636. The normalized spacial score (nSPS) is 28.4. The van der Waals surface area contributed by atoms with Crippen molar-refractivity contribution in [2.75, 3.05) is 46.3 Å². The number of hydrogen-bond donors (Lipinski definition) is 0. The van der Waals surface area contributed by atoms with Crippen molar-refractivity contribution in [1.82, 2.24) is 14.7 Å². The van der Waals surface area contributed by atoms with Crippen LogP contribution in [0.4, 0.5) is 0 Å². The Morgan fingerprint density at radius 3 is 2.44 bits per heavy atom. The number of carbonyl (C=O) groups is 1. The van der Waals surface area contributed by atoms with E-state index < -0.39 is 0 Å². The van der Waals surface area contributed by atoms with Crippen LogP contribution in [0.2, 0.25) is 0 Å². The van der Waals surface area contributed by atoms with E-state index >= 15 is 0 Å². The third-order valence-electron chi connectivity index (χ3n) is 6.54. The van der Waals surface area contributed by atoms with Gasteiger partial charge < -0.3 is 4.90 Å². The summed E-state index contributed by atoms with van der Waals surface area (Å²) in [7, 11) is 2.26. The number of likely N-dealkylation sites (tertiary alicyclic amines) is 3. The van der Waals surface area contributed by atoms with Crippen molar-refractivity contribution >= 4 is 30.7 Å². The van der Waals surface area contributed by atoms with Crippen molar-refractivity contribution in [2.24, 2.45) is 11.8 Å². The van der Waals surface area contributed by atoms with Gasteiger partial charge in [-0.3, -0.25) is 14.6 Å². The number of carbonyl (C=O) groups excluding carboxylic acids is 1. The van der Waals surface area contributed by atoms with Crippen LogP contribution in [0.1, 0.15) is 36.4 Å². The molecule has 1 amide bonds. The molecule has 0 radical (unpaired) electrons. The Balaban J connectivity index is 0.00000131. The lowest BCUT2D eigenvalue weighted by Gasteiger charge is -2.30. The van der Waals surface area contributed by atoms with Gasteiger partial charge in [-0.25, -0.2) is 0 Å². The number of rotatable bonds is 3. The van der Waals surface area contributed by atoms with E-state index in [1.807, 2.05) is 0 Å². The molecule has 0 saturated carbocycles. The van der Waals surface area contributed by atoms with Crippen molar-refractivity contribution in [1.29, 1.82) is 0 Å². The Morgan fingerprint density at radius 1 is 1.04 bits per heavy atom. The maximum Gasteiger partial charge on any atom is 0.236 e. The molecule has 0 aromatic heterocycles. The highest BCUT2D eigenvalue weighted by Crippen LogP contribution is 2.44. The summed E-state index contributed by atoms with van der Waals surface area (Å²) < 4.78 is 0. The zero-order valence-corrected chi connectivity index (χ0v) is 18.1. The summed E-state index contributed by atoms with van der Waals surface area (Å²) in [5.74, 6) is 1.70. The van der Waals surface area contributed by atoms with Gasteiger partial charge in [-0.15, -0.1) is 24.8 Å². The van der Waals surface area contributed by atoms with Gasteiger partial charge >= 0.3 is 0 Å². The molecular formula is C21H33Cl2N3O. The highest BCUT2D eigenvalue weighted by Gasteiger charge is 2.46. The molecule has 6 heteroatoms. The lowest BCUT2D eigenvalue weighted by molar-refractivity contribution is -0.133. The van der Waals surface area contributed by atoms with Gasteiger partial charge in [0.15, 0.2) is 0 Å². The predicted molar refractivity (Wildman–Crippen MR) is 115 cm³/mol. The van der Waals surface area contributed by atoms with Crippen molar-refractivity contribution in [3.63, 3.8) is 0 Å². The zero-order valence-electron chi connectivity index (χ0n) is 16.5. The SMILES string of the molecule is Cc1ccccc1[C@@H]1[C@@H]2CN(CC(=O)N3CCCCC3)C[C@@H]2CN1C.Cl.Cl. The van der Waals surface area contributed by atoms with E-state index in [2.05, 4.69) is 52.9 Å². The lowest BCUT2D eigenvalue weighted by Crippen LogP contribution is -2.42. The van der Waals surface area contributed by atoms with Crippen LogP contribution >= 0.6 is 24.8 Å². The largest absolute Gasteiger partial charge is 0.342 e. The Labute approximate surface area is 176 Å². The monoisotopic (exact) mass is 413 g/mol. The number of piperidine rings is 1. The molecule has 0 unspecified atom stereocenters. The van der Waals surface area contributed by atoms with Crippen molar-refractivity contribution in [3.8, 4) is 0 Å². The maximum absolute atomic E-state index is 12.6. The molecule has 1 aromatic carbocycles. The molecule has 4 rings (SSSR count). The Kier molecular flexibility index (Phi) is 7.99. The standard InChI is InChI=1S/C21H31N3O.2ClH/c1-16-8-4-5-9-18(16)21-19-14-23(13-17(19)12-22(21)2)15-20(25)24-10-6-3-7-11-24;;/h4-5,8-9,17,19,21H,3,6-7,10-15H2,1-2H3;2*1H/t17-,19+,21+;;/m0../s1. The van der Waals surface area contributed by atoms with Gasteiger partial charge in [0.25, 0.3) is 0 Å². The second kappa shape index (κ2) is 9.60. The summed E-state index contributed by atoms with van der Waals surface area (Å²) >= 11 is 0. The fourth-order valence-corrected chi connectivity index (χ4v) is 5.30. The van der Waals surface area contributed by atoms with Crippen molar-refractivity contribution in [3.05, 3.63) is 35.4 Å². The fraction of sp³-hybridized carbons (Fsp3) is 0.667. The van der Waals surface area contributed by atoms with Gasteiger partial charge in [0.1, 0.15) is 0 Å². The van der Waals surface area contributed by atoms with E-state index in [0.717, 1.165) is 32.7 Å². The minimum absolute atomic E-state index is 0. The van der Waals surface area contributed by atoms with Crippen LogP contribution in [0, 0.1) is 18.8 Å². The number of halogens is 2. The number of fused-ring (bicyclic) bond motifs is 1. The van der Waals surface area contributed by atoms with Crippen LogP contribution in [-0.2, 0) is 4.79 Å². The van der Waals surface area contributed by atoms with E-state index in [1.165, 1.54) is 30.4 Å². The quantitative estimate of drug-likeness (QED) is 0.759. The lowest BCUT2D eigenvalue weighted by atomic mass is 9.88. The molecule has 3 heterocycles. The van der Waals surface area contributed by atoms with Crippen LogP contribution in [0.25, 0.3) is 0 Å². The molecule has 3 aliphatic rings. The van der Waals surface area contributed by atoms with E-state index in [1.54, 1.807) is 0 Å². The molecule has 3 atom stereocenters. The topological polar surface area (TPSA) is 26.8 Å². The summed E-state index contributed by atoms with van der Waals surface area (Å²) in [6, 6.07) is 9.31. The van der Waals surface area contributed by atoms with Crippen LogP contribution in [-0.4, -0.2) is 66.9 Å². The first kappa shape index (κ1) is 22.5. The van der Waals surface area contributed by atoms with Crippen LogP contribution in [0.5, 0.6) is 0 Å². The first-order valence-electron chi connectivity index (χ1n) is 9.89. The minimum atomic E-state index is 0. The molecule has 1 aromatic rings. The molecular weight excluding hydrogens is 381 g/mol. The third kappa shape index (κ3) is 4.61. The van der Waals surface area contributed by atoms with E-state index in [4.69, 9.17) is 0 Å². The summed E-state index contributed by atoms with van der Waals surface area (Å²) in [6.07, 6.45) is 3.64. The van der Waals surface area contributed by atoms with Crippen LogP contribution in [0.3, 0.4) is 0 Å². The summed E-state index contributed by atoms with van der Waals surface area (Å²) in [6.45, 7) is 8.07. The average molecular weight is 414 g/mol. The van der Waals surface area contributed by atoms with Gasteiger partial charge in [-0.1, -0.05) is 24.3 Å². The van der Waals surface area contributed by atoms with Gasteiger partial charge in [0.2, 0.25) is 5.91 Å². The molecule has 3 aliphatic heterocycles. The third-order valence-corrected chi connectivity index (χ3v) is 6.54. The molecule has 3 fully saturated rings. The molecule has 152 valence electrons. The first-order chi connectivity index (χ1) is 12.1. The first-order valence-corrected chi connectivity index (χ1v) is 9.89. The molecule has 0 N–H and O–H groups in total. The second-order valence-electron chi connectivity index (χ2n) is 8.30. The molecule has 0 aliphatic carbocycles. The number of nitrogens with zero attached hydrogens (tertiary/aromatic N) is 3. The fourth-order valence-electron chi connectivity index (χ4n) is 5.30. The van der Waals surface area contributed by atoms with Crippen molar-refractivity contribution in [2.45, 2.75) is 32.2 Å². The maximum atomic E-state index is 12.6. The minimum Gasteiger partial charge on any atom is -0.342 e. The van der Waals surface area contributed by atoms with Gasteiger partial charge in [0, 0.05) is 38.8 Å². The summed E-state index contributed by atoms with van der Waals surface area (Å²) in [5, 5.41) is 0. The Morgan fingerprint density at radius 2 is 1.74 bits per heavy atom. The number of hydrogen-bond acceptors (Lipinski definition) is 3. The molecule has 3 saturated heterocycles. The number of aryl methyl sites for hydroxylation is 1. The highest BCUT2D eigenvalue weighted by atomic mass is 35.5.